The van der Waals surface area contributed by atoms with Gasteiger partial charge in [0.2, 0.25) is 5.91 Å². The highest BCUT2D eigenvalue weighted by atomic mass is 35.5. The lowest BCUT2D eigenvalue weighted by atomic mass is 10.2. The van der Waals surface area contributed by atoms with Gasteiger partial charge >= 0.3 is 5.76 Å². The van der Waals surface area contributed by atoms with Crippen molar-refractivity contribution >= 4 is 56.0 Å². The maximum atomic E-state index is 13.2. The van der Waals surface area contributed by atoms with Crippen molar-refractivity contribution in [3.8, 4) is 11.5 Å². The molecule has 11 heteroatoms. The first kappa shape index (κ1) is 21.9. The van der Waals surface area contributed by atoms with E-state index in [9.17, 15) is 9.59 Å². The van der Waals surface area contributed by atoms with Crippen LogP contribution in [0.15, 0.2) is 57.2 Å². The number of carbonyl (C=O) groups excluding carboxylic acids is 1. The van der Waals surface area contributed by atoms with Crippen LogP contribution >= 0.6 is 22.9 Å². The fraction of sp³-hybridized carbons (Fsp3) is 0.250. The van der Waals surface area contributed by atoms with E-state index in [2.05, 4.69) is 19.9 Å². The van der Waals surface area contributed by atoms with E-state index in [4.69, 9.17) is 16.0 Å². The first-order valence-electron chi connectivity index (χ1n) is 11.2. The Balaban J connectivity index is 1.20. The van der Waals surface area contributed by atoms with Crippen molar-refractivity contribution < 1.29 is 9.21 Å². The standard InChI is InChI=1S/C24H21ClN6O3S/c1-14-11-29(23-21(26-13-35-23)22-27-16-7-6-15(25)10-17(16)28-22)8-9-30(14)20(32)12-31-18-4-2-3-5-19(18)34-24(31)33/h2-7,10,13-14H,8-9,11-12H2,1H3,(H,27,28)/t14-/m1/s1. The molecule has 0 bridgehead atoms. The van der Waals surface area contributed by atoms with E-state index < -0.39 is 5.76 Å². The van der Waals surface area contributed by atoms with Crippen LogP contribution in [0.1, 0.15) is 6.92 Å². The topological polar surface area (TPSA) is 100 Å². The summed E-state index contributed by atoms with van der Waals surface area (Å²) in [5.41, 5.74) is 5.38. The van der Waals surface area contributed by atoms with E-state index in [1.54, 1.807) is 29.5 Å². The zero-order valence-electron chi connectivity index (χ0n) is 18.8. The number of aromatic amines is 1. The SMILES string of the molecule is C[C@@H]1CN(c2scnc2-c2nc3cc(Cl)ccc3[nH]2)CCN1C(=O)Cn1c(=O)oc2ccccc21. The summed E-state index contributed by atoms with van der Waals surface area (Å²) in [6, 6.07) is 12.6. The van der Waals surface area contributed by atoms with Crippen molar-refractivity contribution in [2.45, 2.75) is 19.5 Å². The monoisotopic (exact) mass is 508 g/mol. The highest BCUT2D eigenvalue weighted by Crippen LogP contribution is 2.34. The molecule has 5 aromatic rings. The van der Waals surface area contributed by atoms with Gasteiger partial charge in [0.05, 0.1) is 22.1 Å². The van der Waals surface area contributed by atoms with Gasteiger partial charge in [0.1, 0.15) is 17.2 Å². The molecule has 1 atom stereocenters. The average molecular weight is 509 g/mol. The molecule has 178 valence electrons. The predicted molar refractivity (Wildman–Crippen MR) is 136 cm³/mol. The Kier molecular flexibility index (Phi) is 5.34. The number of halogens is 1. The Hall–Kier alpha value is -3.63. The molecule has 1 amide bonds. The number of carbonyl (C=O) groups is 1. The van der Waals surface area contributed by atoms with Gasteiger partial charge in [-0.05, 0) is 37.3 Å². The number of hydrogen-bond acceptors (Lipinski definition) is 7. The van der Waals surface area contributed by atoms with Gasteiger partial charge in [-0.15, -0.1) is 11.3 Å². The molecule has 9 nitrogen and oxygen atoms in total. The Morgan fingerprint density at radius 1 is 1.26 bits per heavy atom. The summed E-state index contributed by atoms with van der Waals surface area (Å²) in [5, 5.41) is 1.64. The second kappa shape index (κ2) is 8.54. The number of fused-ring (bicyclic) bond motifs is 2. The number of piperazine rings is 1. The normalized spacial score (nSPS) is 16.5. The fourth-order valence-electron chi connectivity index (χ4n) is 4.62. The predicted octanol–water partition coefficient (Wildman–Crippen LogP) is 3.99. The molecule has 3 aromatic heterocycles. The molecule has 1 saturated heterocycles. The summed E-state index contributed by atoms with van der Waals surface area (Å²) >= 11 is 7.66. The number of aromatic nitrogens is 4. The number of benzene rings is 2. The number of oxazole rings is 1. The van der Waals surface area contributed by atoms with E-state index >= 15 is 0 Å². The van der Waals surface area contributed by atoms with E-state index in [1.165, 1.54) is 4.57 Å². The van der Waals surface area contributed by atoms with Gasteiger partial charge < -0.3 is 19.2 Å². The summed E-state index contributed by atoms with van der Waals surface area (Å²) < 4.78 is 6.67. The Morgan fingerprint density at radius 2 is 2.11 bits per heavy atom. The summed E-state index contributed by atoms with van der Waals surface area (Å²) in [6.07, 6.45) is 0. The number of thiazole rings is 1. The fourth-order valence-corrected chi connectivity index (χ4v) is 5.62. The third kappa shape index (κ3) is 3.88. The van der Waals surface area contributed by atoms with Crippen molar-refractivity contribution in [1.82, 2.24) is 24.4 Å². The molecule has 0 saturated carbocycles. The lowest BCUT2D eigenvalue weighted by Gasteiger charge is -2.40. The van der Waals surface area contributed by atoms with E-state index in [0.29, 0.717) is 41.6 Å². The molecular weight excluding hydrogens is 488 g/mol. The molecule has 1 aliphatic rings. The quantitative estimate of drug-likeness (QED) is 0.394. The number of amides is 1. The highest BCUT2D eigenvalue weighted by molar-refractivity contribution is 7.14. The Labute approximate surface area is 208 Å². The minimum atomic E-state index is -0.521. The molecule has 1 N–H and O–H groups in total. The molecule has 0 aliphatic carbocycles. The van der Waals surface area contributed by atoms with Crippen LogP contribution in [0.4, 0.5) is 5.00 Å². The molecule has 1 fully saturated rings. The number of nitrogens with zero attached hydrogens (tertiary/aromatic N) is 5. The number of rotatable bonds is 4. The van der Waals surface area contributed by atoms with Crippen LogP contribution in [0.2, 0.25) is 5.02 Å². The Bertz CT molecular complexity index is 1620. The van der Waals surface area contributed by atoms with Gasteiger partial charge in [-0.1, -0.05) is 23.7 Å². The van der Waals surface area contributed by atoms with Crippen LogP contribution in [0.5, 0.6) is 0 Å². The number of para-hydroxylation sites is 2. The van der Waals surface area contributed by atoms with Crippen LogP contribution in [0.3, 0.4) is 0 Å². The van der Waals surface area contributed by atoms with Crippen molar-refractivity contribution in [3.05, 3.63) is 63.5 Å². The molecule has 2 aromatic carbocycles. The number of imidazole rings is 1. The molecule has 6 rings (SSSR count). The summed E-state index contributed by atoms with van der Waals surface area (Å²) in [4.78, 5) is 42.1. The van der Waals surface area contributed by atoms with Crippen LogP contribution in [-0.2, 0) is 11.3 Å². The van der Waals surface area contributed by atoms with Crippen LogP contribution in [0.25, 0.3) is 33.7 Å². The summed E-state index contributed by atoms with van der Waals surface area (Å²) in [7, 11) is 0. The molecule has 1 aliphatic heterocycles. The van der Waals surface area contributed by atoms with Gasteiger partial charge in [-0.25, -0.2) is 14.8 Å². The van der Waals surface area contributed by atoms with Crippen molar-refractivity contribution in [2.75, 3.05) is 24.5 Å². The smallest absolute Gasteiger partial charge is 0.408 e. The third-order valence-corrected chi connectivity index (χ3v) is 7.44. The summed E-state index contributed by atoms with van der Waals surface area (Å²) in [5.74, 6) is 0.0626. The molecule has 35 heavy (non-hydrogen) atoms. The molecule has 0 radical (unpaired) electrons. The van der Waals surface area contributed by atoms with Crippen LogP contribution < -0.4 is 10.7 Å². The maximum absolute atomic E-state index is 13.2. The second-order valence-electron chi connectivity index (χ2n) is 8.56. The zero-order valence-corrected chi connectivity index (χ0v) is 20.3. The van der Waals surface area contributed by atoms with Crippen LogP contribution in [0, 0.1) is 0 Å². The number of H-pyrrole nitrogens is 1. The highest BCUT2D eigenvalue weighted by Gasteiger charge is 2.30. The number of anilines is 1. The van der Waals surface area contributed by atoms with Gasteiger partial charge in [0, 0.05) is 30.7 Å². The molecule has 0 unspecified atom stereocenters. The summed E-state index contributed by atoms with van der Waals surface area (Å²) in [6.45, 7) is 3.81. The lowest BCUT2D eigenvalue weighted by Crippen LogP contribution is -2.55. The van der Waals surface area contributed by atoms with E-state index in [1.807, 2.05) is 41.6 Å². The lowest BCUT2D eigenvalue weighted by molar-refractivity contribution is -0.134. The molecule has 4 heterocycles. The van der Waals surface area contributed by atoms with Gasteiger partial charge in [0.15, 0.2) is 11.4 Å². The van der Waals surface area contributed by atoms with Gasteiger partial charge in [-0.3, -0.25) is 9.36 Å². The van der Waals surface area contributed by atoms with Crippen molar-refractivity contribution in [1.29, 1.82) is 0 Å². The van der Waals surface area contributed by atoms with Crippen molar-refractivity contribution in [2.24, 2.45) is 0 Å². The van der Waals surface area contributed by atoms with E-state index in [-0.39, 0.29) is 18.5 Å². The average Bonchev–Trinajstić information content (AvgIpc) is 3.56. The first-order chi connectivity index (χ1) is 17.0. The third-order valence-electron chi connectivity index (χ3n) is 6.32. The molecule has 0 spiro atoms. The Morgan fingerprint density at radius 3 is 2.97 bits per heavy atom. The first-order valence-corrected chi connectivity index (χ1v) is 12.5. The van der Waals surface area contributed by atoms with Crippen LogP contribution in [-0.4, -0.2) is 56.0 Å². The number of hydrogen-bond donors (Lipinski definition) is 1. The molecular formula is C24H21ClN6O3S. The maximum Gasteiger partial charge on any atom is 0.420 e. The van der Waals surface area contributed by atoms with Gasteiger partial charge in [-0.2, -0.15) is 0 Å². The minimum absolute atomic E-state index is 0.0467. The van der Waals surface area contributed by atoms with E-state index in [0.717, 1.165) is 21.7 Å². The van der Waals surface area contributed by atoms with Crippen molar-refractivity contribution in [3.63, 3.8) is 0 Å². The minimum Gasteiger partial charge on any atom is -0.408 e. The number of nitrogens with one attached hydrogen (secondary N) is 1. The largest absolute Gasteiger partial charge is 0.420 e. The zero-order chi connectivity index (χ0) is 24.1. The second-order valence-corrected chi connectivity index (χ2v) is 9.83. The van der Waals surface area contributed by atoms with Gasteiger partial charge in [0.25, 0.3) is 0 Å².